The van der Waals surface area contributed by atoms with Crippen molar-refractivity contribution in [2.45, 2.75) is 10.3 Å². The van der Waals surface area contributed by atoms with E-state index in [1.165, 1.54) is 23.9 Å². The molecule has 30 heavy (non-hydrogen) atoms. The van der Waals surface area contributed by atoms with Gasteiger partial charge in [0.25, 0.3) is 0 Å². The third-order valence-corrected chi connectivity index (χ3v) is 6.00. The molecule has 0 aliphatic carbocycles. The molecule has 0 saturated heterocycles. The molecule has 0 fully saturated rings. The number of nitrogens with zero attached hydrogens (tertiary/aromatic N) is 3. The summed E-state index contributed by atoms with van der Waals surface area (Å²) < 4.78 is 13.4. The summed E-state index contributed by atoms with van der Waals surface area (Å²) in [7, 11) is 3.50. The van der Waals surface area contributed by atoms with E-state index in [0.29, 0.717) is 10.7 Å². The highest BCUT2D eigenvalue weighted by molar-refractivity contribution is 8.00. The molecule has 6 heteroatoms. The number of carbonyl (C=O) groups excluding carboxylic acids is 1. The summed E-state index contributed by atoms with van der Waals surface area (Å²) in [5, 5.41) is 11.0. The number of thioether (sulfide) groups is 1. The van der Waals surface area contributed by atoms with Crippen molar-refractivity contribution < 1.29 is 9.18 Å². The standard InChI is InChI=1S/C24H20FN3OS/c1-28(2)24(29)22(17-8-4-3-5-9-17)30-23-20-11-7-6-10-19(20)21(26-27-23)16-12-14-18(25)15-13-16/h3-15,22H,1-2H3/t22-/m0/s1. The van der Waals surface area contributed by atoms with Crippen molar-refractivity contribution in [1.29, 1.82) is 0 Å². The Balaban J connectivity index is 1.80. The lowest BCUT2D eigenvalue weighted by Gasteiger charge is -2.21. The molecule has 0 unspecified atom stereocenters. The van der Waals surface area contributed by atoms with Crippen molar-refractivity contribution in [2.24, 2.45) is 0 Å². The first kappa shape index (κ1) is 20.0. The van der Waals surface area contributed by atoms with E-state index in [0.717, 1.165) is 21.9 Å². The van der Waals surface area contributed by atoms with E-state index >= 15 is 0 Å². The summed E-state index contributed by atoms with van der Waals surface area (Å²) in [6.45, 7) is 0. The molecule has 0 spiro atoms. The third kappa shape index (κ3) is 4.04. The van der Waals surface area contributed by atoms with Crippen LogP contribution in [0.4, 0.5) is 4.39 Å². The molecular weight excluding hydrogens is 397 g/mol. The average molecular weight is 418 g/mol. The Morgan fingerprint density at radius 3 is 2.17 bits per heavy atom. The minimum Gasteiger partial charge on any atom is -0.348 e. The van der Waals surface area contributed by atoms with Crippen molar-refractivity contribution in [1.82, 2.24) is 15.1 Å². The normalized spacial score (nSPS) is 12.0. The lowest BCUT2D eigenvalue weighted by molar-refractivity contribution is -0.128. The molecule has 1 atom stereocenters. The first-order chi connectivity index (χ1) is 14.5. The number of benzene rings is 3. The number of likely N-dealkylation sites (N-methyl/N-ethyl adjacent to an activating group) is 1. The van der Waals surface area contributed by atoms with Crippen molar-refractivity contribution in [3.63, 3.8) is 0 Å². The van der Waals surface area contributed by atoms with Gasteiger partial charge >= 0.3 is 0 Å². The highest BCUT2D eigenvalue weighted by Crippen LogP contribution is 2.40. The second kappa shape index (κ2) is 8.63. The Bertz CT molecular complexity index is 1180. The van der Waals surface area contributed by atoms with Crippen molar-refractivity contribution >= 4 is 28.4 Å². The summed E-state index contributed by atoms with van der Waals surface area (Å²) in [6.07, 6.45) is 0. The number of aromatic nitrogens is 2. The molecule has 1 heterocycles. The summed E-state index contributed by atoms with van der Waals surface area (Å²) in [5.74, 6) is -0.309. The highest BCUT2D eigenvalue weighted by Gasteiger charge is 2.25. The van der Waals surface area contributed by atoms with E-state index in [1.807, 2.05) is 54.6 Å². The largest absolute Gasteiger partial charge is 0.348 e. The summed E-state index contributed by atoms with van der Waals surface area (Å²) >= 11 is 1.39. The number of halogens is 1. The zero-order chi connectivity index (χ0) is 21.1. The van der Waals surface area contributed by atoms with Gasteiger partial charge in [-0.05, 0) is 29.8 Å². The number of amides is 1. The first-order valence-electron chi connectivity index (χ1n) is 9.48. The van der Waals surface area contributed by atoms with Crippen LogP contribution in [-0.2, 0) is 4.79 Å². The van der Waals surface area contributed by atoms with Gasteiger partial charge in [0.05, 0.1) is 0 Å². The molecular formula is C24H20FN3OS. The average Bonchev–Trinajstić information content (AvgIpc) is 2.78. The number of hydrogen-bond donors (Lipinski definition) is 0. The van der Waals surface area contributed by atoms with Gasteiger partial charge in [0.15, 0.2) is 0 Å². The van der Waals surface area contributed by atoms with Crippen LogP contribution in [0.5, 0.6) is 0 Å². The topological polar surface area (TPSA) is 46.1 Å². The fourth-order valence-electron chi connectivity index (χ4n) is 3.22. The molecule has 1 aromatic heterocycles. The van der Waals surface area contributed by atoms with Crippen molar-refractivity contribution in [3.8, 4) is 11.3 Å². The van der Waals surface area contributed by atoms with Gasteiger partial charge in [-0.25, -0.2) is 4.39 Å². The zero-order valence-electron chi connectivity index (χ0n) is 16.6. The van der Waals surface area contributed by atoms with Crippen LogP contribution < -0.4 is 0 Å². The molecule has 3 aromatic carbocycles. The van der Waals surface area contributed by atoms with Gasteiger partial charge in [-0.1, -0.05) is 66.4 Å². The molecule has 1 amide bonds. The van der Waals surface area contributed by atoms with Gasteiger partial charge < -0.3 is 4.90 Å². The summed E-state index contributed by atoms with van der Waals surface area (Å²) in [6, 6.07) is 23.7. The van der Waals surface area contributed by atoms with E-state index in [2.05, 4.69) is 10.2 Å². The van der Waals surface area contributed by atoms with Crippen LogP contribution in [0.2, 0.25) is 0 Å². The lowest BCUT2D eigenvalue weighted by atomic mass is 10.1. The van der Waals surface area contributed by atoms with Crippen LogP contribution in [0, 0.1) is 5.82 Å². The van der Waals surface area contributed by atoms with E-state index in [9.17, 15) is 9.18 Å². The molecule has 4 aromatic rings. The SMILES string of the molecule is CN(C)C(=O)[C@@H](Sc1nnc(-c2ccc(F)cc2)c2ccccc12)c1ccccc1. The second-order valence-corrected chi connectivity index (χ2v) is 8.14. The van der Waals surface area contributed by atoms with Gasteiger partial charge in [-0.3, -0.25) is 4.79 Å². The highest BCUT2D eigenvalue weighted by atomic mass is 32.2. The Labute approximate surface area is 178 Å². The molecule has 0 bridgehead atoms. The molecule has 150 valence electrons. The van der Waals surface area contributed by atoms with Crippen molar-refractivity contribution in [3.05, 3.63) is 90.2 Å². The summed E-state index contributed by atoms with van der Waals surface area (Å²) in [4.78, 5) is 14.5. The van der Waals surface area contributed by atoms with Crippen LogP contribution in [-0.4, -0.2) is 35.1 Å². The molecule has 0 aliphatic heterocycles. The van der Waals surface area contributed by atoms with Gasteiger partial charge in [0, 0.05) is 30.4 Å². The monoisotopic (exact) mass is 417 g/mol. The first-order valence-corrected chi connectivity index (χ1v) is 10.4. The maximum absolute atomic E-state index is 13.4. The van der Waals surface area contributed by atoms with Crippen LogP contribution in [0.3, 0.4) is 0 Å². The second-order valence-electron chi connectivity index (χ2n) is 7.05. The predicted molar refractivity (Wildman–Crippen MR) is 119 cm³/mol. The molecule has 0 saturated carbocycles. The Hall–Kier alpha value is -3.25. The minimum atomic E-state index is -0.435. The third-order valence-electron chi connectivity index (χ3n) is 4.77. The van der Waals surface area contributed by atoms with E-state index < -0.39 is 5.25 Å². The number of carbonyl (C=O) groups is 1. The van der Waals surface area contributed by atoms with Gasteiger partial charge in [-0.15, -0.1) is 10.2 Å². The van der Waals surface area contributed by atoms with Crippen LogP contribution in [0.1, 0.15) is 10.8 Å². The zero-order valence-corrected chi connectivity index (χ0v) is 17.4. The van der Waals surface area contributed by atoms with Gasteiger partial charge in [-0.2, -0.15) is 0 Å². The van der Waals surface area contributed by atoms with E-state index in [1.54, 1.807) is 31.1 Å². The summed E-state index contributed by atoms with van der Waals surface area (Å²) in [5.41, 5.74) is 2.39. The van der Waals surface area contributed by atoms with Gasteiger partial charge in [0.2, 0.25) is 5.91 Å². The van der Waals surface area contributed by atoms with Crippen LogP contribution in [0.15, 0.2) is 83.9 Å². The maximum atomic E-state index is 13.4. The van der Waals surface area contributed by atoms with Crippen LogP contribution in [0.25, 0.3) is 22.0 Å². The molecule has 4 rings (SSSR count). The molecule has 0 radical (unpaired) electrons. The Kier molecular flexibility index (Phi) is 5.77. The molecule has 0 N–H and O–H groups in total. The molecule has 4 nitrogen and oxygen atoms in total. The fourth-order valence-corrected chi connectivity index (χ4v) is 4.44. The Morgan fingerprint density at radius 2 is 1.50 bits per heavy atom. The van der Waals surface area contributed by atoms with E-state index in [4.69, 9.17) is 0 Å². The quantitative estimate of drug-likeness (QED) is 0.410. The van der Waals surface area contributed by atoms with Gasteiger partial charge in [0.1, 0.15) is 21.8 Å². The predicted octanol–water partition coefficient (Wildman–Crippen LogP) is 5.36. The lowest BCUT2D eigenvalue weighted by Crippen LogP contribution is -2.26. The molecule has 0 aliphatic rings. The minimum absolute atomic E-state index is 0.0142. The fraction of sp³-hybridized carbons (Fsp3) is 0.125. The van der Waals surface area contributed by atoms with Crippen molar-refractivity contribution in [2.75, 3.05) is 14.1 Å². The number of fused-ring (bicyclic) bond motifs is 1. The Morgan fingerprint density at radius 1 is 0.867 bits per heavy atom. The number of hydrogen-bond acceptors (Lipinski definition) is 4. The number of rotatable bonds is 5. The van der Waals surface area contributed by atoms with Crippen LogP contribution >= 0.6 is 11.8 Å². The van der Waals surface area contributed by atoms with E-state index in [-0.39, 0.29) is 11.7 Å². The maximum Gasteiger partial charge on any atom is 0.240 e. The smallest absolute Gasteiger partial charge is 0.240 e.